The molecule has 1 aromatic carbocycles. The van der Waals surface area contributed by atoms with Gasteiger partial charge in [0.25, 0.3) is 0 Å². The van der Waals surface area contributed by atoms with Crippen molar-refractivity contribution < 1.29 is 29.7 Å². The summed E-state index contributed by atoms with van der Waals surface area (Å²) in [6.07, 6.45) is 2.97. The third-order valence-electron chi connectivity index (χ3n) is 2.33. The second kappa shape index (κ2) is 18.8. The van der Waals surface area contributed by atoms with Crippen LogP contribution in [0.3, 0.4) is 0 Å². The summed E-state index contributed by atoms with van der Waals surface area (Å²) in [5, 5.41) is 20.3. The van der Waals surface area contributed by atoms with E-state index in [0.717, 1.165) is 25.7 Å². The van der Waals surface area contributed by atoms with Crippen LogP contribution >= 0.6 is 0 Å². The molecule has 0 radical (unpaired) electrons. The molecule has 0 fully saturated rings. The van der Waals surface area contributed by atoms with Gasteiger partial charge in [-0.05, 0) is 6.92 Å². The van der Waals surface area contributed by atoms with E-state index in [4.69, 9.17) is 0 Å². The molecule has 2 nitrogen and oxygen atoms in total. The van der Waals surface area contributed by atoms with Gasteiger partial charge < -0.3 is 10.2 Å². The molecular formula is C17H30O2Zn. The largest absolute Gasteiger partial charge is 2.00 e. The minimum absolute atomic E-state index is 0. The molecule has 112 valence electrons. The first-order chi connectivity index (χ1) is 8.93. The zero-order valence-corrected chi connectivity index (χ0v) is 16.9. The molecule has 3 heteroatoms. The van der Waals surface area contributed by atoms with Crippen molar-refractivity contribution in [2.24, 2.45) is 0 Å². The molecule has 2 atom stereocenters. The predicted octanol–water partition coefficient (Wildman–Crippen LogP) is 3.06. The van der Waals surface area contributed by atoms with Gasteiger partial charge in [-0.3, -0.25) is 0 Å². The zero-order chi connectivity index (χ0) is 15.1. The molecule has 0 aliphatic carbocycles. The van der Waals surface area contributed by atoms with Crippen molar-refractivity contribution in [3.05, 3.63) is 35.9 Å². The van der Waals surface area contributed by atoms with Crippen molar-refractivity contribution in [1.29, 1.82) is 0 Å². The molecule has 0 spiro atoms. The topological polar surface area (TPSA) is 46.1 Å². The average molecular weight is 332 g/mol. The van der Waals surface area contributed by atoms with Gasteiger partial charge in [0.15, 0.2) is 0 Å². The second-order valence-corrected chi connectivity index (χ2v) is 4.85. The van der Waals surface area contributed by atoms with Crippen LogP contribution in [-0.2, 0) is 19.5 Å². The summed E-state index contributed by atoms with van der Waals surface area (Å²) in [7, 11) is 0. The quantitative estimate of drug-likeness (QED) is 0.796. The van der Waals surface area contributed by atoms with Gasteiger partial charge in [-0.25, -0.2) is 0 Å². The maximum Gasteiger partial charge on any atom is 2.00 e. The molecule has 0 aromatic heterocycles. The van der Waals surface area contributed by atoms with Crippen molar-refractivity contribution in [3.8, 4) is 0 Å². The fourth-order valence-electron chi connectivity index (χ4n) is 1.35. The molecule has 0 aliphatic heterocycles. The van der Waals surface area contributed by atoms with E-state index < -0.39 is 0 Å². The van der Waals surface area contributed by atoms with E-state index in [-0.39, 0.29) is 31.7 Å². The van der Waals surface area contributed by atoms with Gasteiger partial charge in [-0.2, -0.15) is 0 Å². The van der Waals surface area contributed by atoms with Crippen LogP contribution < -0.4 is 10.2 Å². The van der Waals surface area contributed by atoms with Crippen molar-refractivity contribution in [3.63, 3.8) is 0 Å². The minimum atomic E-state index is -0.352. The summed E-state index contributed by atoms with van der Waals surface area (Å²) in [4.78, 5) is 0. The van der Waals surface area contributed by atoms with E-state index >= 15 is 0 Å². The second-order valence-electron chi connectivity index (χ2n) is 4.85. The third kappa shape index (κ3) is 26.4. The van der Waals surface area contributed by atoms with Gasteiger partial charge in [-0.1, -0.05) is 89.3 Å². The molecule has 0 N–H and O–H groups in total. The Bertz CT molecular complexity index is 251. The van der Waals surface area contributed by atoms with Crippen LogP contribution in [0, 0.1) is 6.92 Å². The van der Waals surface area contributed by atoms with Crippen molar-refractivity contribution in [2.45, 2.75) is 72.5 Å². The van der Waals surface area contributed by atoms with Crippen molar-refractivity contribution in [1.82, 2.24) is 0 Å². The fourth-order valence-corrected chi connectivity index (χ4v) is 1.35. The van der Waals surface area contributed by atoms with Crippen LogP contribution in [0.15, 0.2) is 30.3 Å². The van der Waals surface area contributed by atoms with Crippen molar-refractivity contribution in [2.75, 3.05) is 0 Å². The Morgan fingerprint density at radius 3 is 1.30 bits per heavy atom. The number of benzene rings is 1. The smallest absolute Gasteiger partial charge is 0.852 e. The van der Waals surface area contributed by atoms with Crippen LogP contribution in [-0.4, -0.2) is 12.2 Å². The molecule has 0 saturated carbocycles. The van der Waals surface area contributed by atoms with Gasteiger partial charge in [-0.15, -0.1) is 12.2 Å². The van der Waals surface area contributed by atoms with Crippen LogP contribution in [0.1, 0.15) is 58.9 Å². The van der Waals surface area contributed by atoms with Gasteiger partial charge >= 0.3 is 19.5 Å². The van der Waals surface area contributed by atoms with Crippen molar-refractivity contribution >= 4 is 0 Å². The van der Waals surface area contributed by atoms with E-state index in [1.165, 1.54) is 5.56 Å². The Kier molecular flexibility index (Phi) is 23.2. The monoisotopic (exact) mass is 330 g/mol. The molecule has 0 saturated heterocycles. The van der Waals surface area contributed by atoms with Gasteiger partial charge in [0.1, 0.15) is 0 Å². The van der Waals surface area contributed by atoms with E-state index in [1.807, 2.05) is 32.0 Å². The normalized spacial score (nSPS) is 11.8. The van der Waals surface area contributed by atoms with E-state index in [9.17, 15) is 10.2 Å². The molecule has 0 amide bonds. The average Bonchev–Trinajstić information content (AvgIpc) is 2.31. The minimum Gasteiger partial charge on any atom is -0.852 e. The van der Waals surface area contributed by atoms with E-state index in [2.05, 4.69) is 19.1 Å². The Morgan fingerprint density at radius 2 is 1.20 bits per heavy atom. The summed E-state index contributed by atoms with van der Waals surface area (Å²) in [5.74, 6) is 0. The van der Waals surface area contributed by atoms with Gasteiger partial charge in [0.05, 0.1) is 0 Å². The molecule has 20 heavy (non-hydrogen) atoms. The van der Waals surface area contributed by atoms with E-state index in [1.54, 1.807) is 13.8 Å². The summed E-state index contributed by atoms with van der Waals surface area (Å²) < 4.78 is 0. The van der Waals surface area contributed by atoms with Crippen LogP contribution in [0.4, 0.5) is 0 Å². The zero-order valence-electron chi connectivity index (χ0n) is 13.9. The standard InChI is InChI=1S/C7H8.2C5H11O.Zn/c1-7-5-3-2-4-6-7;2*1-3-4-5(2)6;/h2-6H,1H3;2*5H,3-4H2,1-2H3;/q;2*-1;+2. The predicted molar refractivity (Wildman–Crippen MR) is 79.9 cm³/mol. The molecule has 0 aliphatic rings. The summed E-state index contributed by atoms with van der Waals surface area (Å²) in [6, 6.07) is 10.3. The summed E-state index contributed by atoms with van der Waals surface area (Å²) in [6.45, 7) is 9.52. The molecule has 1 aromatic rings. The Morgan fingerprint density at radius 1 is 0.850 bits per heavy atom. The number of aryl methyl sites for hydroxylation is 1. The third-order valence-corrected chi connectivity index (χ3v) is 2.33. The Labute approximate surface area is 138 Å². The first-order valence-electron chi connectivity index (χ1n) is 7.27. The van der Waals surface area contributed by atoms with E-state index in [0.29, 0.717) is 0 Å². The van der Waals surface area contributed by atoms with Gasteiger partial charge in [0.2, 0.25) is 0 Å². The maximum atomic E-state index is 10.1. The number of rotatable bonds is 4. The fraction of sp³-hybridized carbons (Fsp3) is 0.647. The molecule has 0 heterocycles. The molecular weight excluding hydrogens is 302 g/mol. The summed E-state index contributed by atoms with van der Waals surface area (Å²) >= 11 is 0. The molecule has 2 unspecified atom stereocenters. The van der Waals surface area contributed by atoms with Crippen LogP contribution in [0.5, 0.6) is 0 Å². The summed E-state index contributed by atoms with van der Waals surface area (Å²) in [5.41, 5.74) is 1.32. The van der Waals surface area contributed by atoms with Gasteiger partial charge in [0, 0.05) is 0 Å². The SMILES string of the molecule is CCCC(C)[O-].CCCC(C)[O-].Cc1ccccc1.[Zn+2]. The van der Waals surface area contributed by atoms with Crippen LogP contribution in [0.2, 0.25) is 0 Å². The molecule has 0 bridgehead atoms. The first kappa shape index (κ1) is 24.8. The van der Waals surface area contributed by atoms with Crippen LogP contribution in [0.25, 0.3) is 0 Å². The Balaban J connectivity index is -0.000000213. The first-order valence-corrected chi connectivity index (χ1v) is 7.27. The number of hydrogen-bond donors (Lipinski definition) is 0. The molecule has 1 rings (SSSR count). The number of hydrogen-bond acceptors (Lipinski definition) is 2. The maximum absolute atomic E-state index is 10.1. The Hall–Kier alpha value is -0.237.